The van der Waals surface area contributed by atoms with E-state index in [1.54, 1.807) is 7.11 Å². The third-order valence-electron chi connectivity index (χ3n) is 3.12. The number of hydrogen-bond acceptors (Lipinski definition) is 3. The van der Waals surface area contributed by atoms with Gasteiger partial charge in [0.2, 0.25) is 0 Å². The lowest BCUT2D eigenvalue weighted by atomic mass is 9.76. The van der Waals surface area contributed by atoms with E-state index in [4.69, 9.17) is 15.3 Å². The van der Waals surface area contributed by atoms with Gasteiger partial charge in [0.25, 0.3) is 0 Å². The SMILES string of the molecule is COc1ccc2c(c1)[C@H](C#N)[C@@H](C#N)CC2. The van der Waals surface area contributed by atoms with Gasteiger partial charge in [-0.25, -0.2) is 0 Å². The smallest absolute Gasteiger partial charge is 0.119 e. The summed E-state index contributed by atoms with van der Waals surface area (Å²) in [5, 5.41) is 18.2. The van der Waals surface area contributed by atoms with Gasteiger partial charge in [0, 0.05) is 0 Å². The van der Waals surface area contributed by atoms with Gasteiger partial charge in [-0.3, -0.25) is 0 Å². The van der Waals surface area contributed by atoms with E-state index in [1.807, 2.05) is 18.2 Å². The van der Waals surface area contributed by atoms with Crippen LogP contribution in [0, 0.1) is 28.6 Å². The van der Waals surface area contributed by atoms with Crippen molar-refractivity contribution in [3.8, 4) is 17.9 Å². The summed E-state index contributed by atoms with van der Waals surface area (Å²) in [7, 11) is 1.60. The van der Waals surface area contributed by atoms with Gasteiger partial charge in [-0.1, -0.05) is 6.07 Å². The fourth-order valence-corrected chi connectivity index (χ4v) is 2.21. The van der Waals surface area contributed by atoms with Gasteiger partial charge in [-0.05, 0) is 36.1 Å². The molecule has 2 rings (SSSR count). The molecular weight excluding hydrogens is 200 g/mol. The Kier molecular flexibility index (Phi) is 2.79. The van der Waals surface area contributed by atoms with E-state index in [2.05, 4.69) is 12.1 Å². The third-order valence-corrected chi connectivity index (χ3v) is 3.12. The molecular formula is C13H12N2O. The fraction of sp³-hybridized carbons (Fsp3) is 0.385. The molecule has 0 aromatic heterocycles. The molecule has 0 radical (unpaired) electrons. The van der Waals surface area contributed by atoms with Crippen molar-refractivity contribution in [2.45, 2.75) is 18.8 Å². The molecule has 80 valence electrons. The summed E-state index contributed by atoms with van der Waals surface area (Å²) in [6.45, 7) is 0. The molecule has 2 atom stereocenters. The summed E-state index contributed by atoms with van der Waals surface area (Å²) in [4.78, 5) is 0. The minimum atomic E-state index is -0.316. The molecule has 0 heterocycles. The van der Waals surface area contributed by atoms with Crippen molar-refractivity contribution in [2.75, 3.05) is 7.11 Å². The molecule has 1 aromatic rings. The number of benzene rings is 1. The molecule has 16 heavy (non-hydrogen) atoms. The first-order chi connectivity index (χ1) is 7.80. The van der Waals surface area contributed by atoms with Crippen LogP contribution in [0.2, 0.25) is 0 Å². The lowest BCUT2D eigenvalue weighted by Gasteiger charge is -2.25. The Bertz CT molecular complexity index is 482. The monoisotopic (exact) mass is 212 g/mol. The van der Waals surface area contributed by atoms with Crippen molar-refractivity contribution in [2.24, 2.45) is 5.92 Å². The highest BCUT2D eigenvalue weighted by Crippen LogP contribution is 2.37. The van der Waals surface area contributed by atoms with Gasteiger partial charge in [0.15, 0.2) is 0 Å². The van der Waals surface area contributed by atoms with Crippen molar-refractivity contribution in [1.29, 1.82) is 10.5 Å². The van der Waals surface area contributed by atoms with E-state index in [-0.39, 0.29) is 11.8 Å². The van der Waals surface area contributed by atoms with Crippen LogP contribution in [0.15, 0.2) is 18.2 Å². The predicted molar refractivity (Wildman–Crippen MR) is 58.8 cm³/mol. The van der Waals surface area contributed by atoms with Crippen molar-refractivity contribution < 1.29 is 4.74 Å². The van der Waals surface area contributed by atoms with Gasteiger partial charge < -0.3 is 4.74 Å². The molecule has 0 fully saturated rings. The number of hydrogen-bond donors (Lipinski definition) is 0. The third kappa shape index (κ3) is 1.61. The Morgan fingerprint density at radius 3 is 2.75 bits per heavy atom. The zero-order valence-electron chi connectivity index (χ0n) is 9.10. The highest BCUT2D eigenvalue weighted by molar-refractivity contribution is 5.43. The highest BCUT2D eigenvalue weighted by atomic mass is 16.5. The molecule has 0 amide bonds. The molecule has 0 unspecified atom stereocenters. The number of nitriles is 2. The maximum Gasteiger partial charge on any atom is 0.119 e. The lowest BCUT2D eigenvalue weighted by Crippen LogP contribution is -2.18. The molecule has 0 saturated carbocycles. The quantitative estimate of drug-likeness (QED) is 0.718. The Morgan fingerprint density at radius 1 is 1.31 bits per heavy atom. The average molecular weight is 212 g/mol. The predicted octanol–water partition coefficient (Wildman–Crippen LogP) is 2.39. The molecule has 0 saturated heterocycles. The van der Waals surface area contributed by atoms with Crippen LogP contribution in [0.3, 0.4) is 0 Å². The maximum absolute atomic E-state index is 9.16. The van der Waals surface area contributed by atoms with Gasteiger partial charge in [-0.2, -0.15) is 10.5 Å². The van der Waals surface area contributed by atoms with Gasteiger partial charge in [-0.15, -0.1) is 0 Å². The number of fused-ring (bicyclic) bond motifs is 1. The number of nitrogens with zero attached hydrogens (tertiary/aromatic N) is 2. The Morgan fingerprint density at radius 2 is 2.12 bits per heavy atom. The summed E-state index contributed by atoms with van der Waals surface area (Å²) >= 11 is 0. The largest absolute Gasteiger partial charge is 0.497 e. The van der Waals surface area contributed by atoms with Crippen LogP contribution in [0.25, 0.3) is 0 Å². The minimum Gasteiger partial charge on any atom is -0.497 e. The van der Waals surface area contributed by atoms with Crippen LogP contribution in [0.1, 0.15) is 23.5 Å². The highest BCUT2D eigenvalue weighted by Gasteiger charge is 2.29. The summed E-state index contributed by atoms with van der Waals surface area (Å²) in [5.74, 6) is 0.242. The fourth-order valence-electron chi connectivity index (χ4n) is 2.21. The molecule has 1 aliphatic rings. The van der Waals surface area contributed by atoms with Gasteiger partial charge in [0.1, 0.15) is 5.75 Å². The van der Waals surface area contributed by atoms with Gasteiger partial charge >= 0.3 is 0 Å². The molecule has 0 spiro atoms. The molecule has 0 aliphatic heterocycles. The lowest BCUT2D eigenvalue weighted by molar-refractivity contribution is 0.412. The Hall–Kier alpha value is -2.00. The van der Waals surface area contributed by atoms with Crippen molar-refractivity contribution in [1.82, 2.24) is 0 Å². The average Bonchev–Trinajstić information content (AvgIpc) is 2.36. The molecule has 3 nitrogen and oxygen atoms in total. The first kappa shape index (κ1) is 10.5. The van der Waals surface area contributed by atoms with Crippen LogP contribution in [0.5, 0.6) is 5.75 Å². The van der Waals surface area contributed by atoms with Crippen LogP contribution in [0.4, 0.5) is 0 Å². The summed E-state index contributed by atoms with van der Waals surface area (Å²) in [6.07, 6.45) is 1.64. The molecule has 1 aliphatic carbocycles. The van der Waals surface area contributed by atoms with E-state index in [1.165, 1.54) is 5.56 Å². The Labute approximate surface area is 94.9 Å². The minimum absolute atomic E-state index is 0.190. The van der Waals surface area contributed by atoms with Crippen molar-refractivity contribution >= 4 is 0 Å². The van der Waals surface area contributed by atoms with Crippen molar-refractivity contribution in [3.63, 3.8) is 0 Å². The standard InChI is InChI=1S/C13H12N2O/c1-16-11-5-4-9-2-3-10(7-14)13(8-15)12(9)6-11/h4-6,10,13H,2-3H2,1H3/t10-,13-/m1/s1. The summed E-state index contributed by atoms with van der Waals surface area (Å²) in [5.41, 5.74) is 2.12. The number of aryl methyl sites for hydroxylation is 1. The summed E-state index contributed by atoms with van der Waals surface area (Å²) < 4.78 is 5.15. The maximum atomic E-state index is 9.16. The normalized spacial score (nSPS) is 22.7. The zero-order chi connectivity index (χ0) is 11.5. The number of ether oxygens (including phenoxy) is 1. The molecule has 0 bridgehead atoms. The zero-order valence-corrected chi connectivity index (χ0v) is 9.10. The number of rotatable bonds is 1. The summed E-state index contributed by atoms with van der Waals surface area (Å²) in [6, 6.07) is 10.2. The molecule has 1 aromatic carbocycles. The second-order valence-electron chi connectivity index (χ2n) is 3.95. The van der Waals surface area contributed by atoms with E-state index in [0.29, 0.717) is 0 Å². The first-order valence-corrected chi connectivity index (χ1v) is 5.26. The molecule has 0 N–H and O–H groups in total. The number of methoxy groups -OCH3 is 1. The van der Waals surface area contributed by atoms with Crippen LogP contribution < -0.4 is 4.74 Å². The van der Waals surface area contributed by atoms with E-state index in [0.717, 1.165) is 24.2 Å². The Balaban J connectivity index is 2.48. The first-order valence-electron chi connectivity index (χ1n) is 5.26. The van der Waals surface area contributed by atoms with E-state index >= 15 is 0 Å². The van der Waals surface area contributed by atoms with Crippen LogP contribution >= 0.6 is 0 Å². The van der Waals surface area contributed by atoms with Crippen molar-refractivity contribution in [3.05, 3.63) is 29.3 Å². The van der Waals surface area contributed by atoms with Crippen LogP contribution in [-0.2, 0) is 6.42 Å². The second kappa shape index (κ2) is 4.24. The van der Waals surface area contributed by atoms with E-state index in [9.17, 15) is 0 Å². The second-order valence-corrected chi connectivity index (χ2v) is 3.95. The van der Waals surface area contributed by atoms with E-state index < -0.39 is 0 Å². The van der Waals surface area contributed by atoms with Crippen LogP contribution in [-0.4, -0.2) is 7.11 Å². The topological polar surface area (TPSA) is 56.8 Å². The van der Waals surface area contributed by atoms with Gasteiger partial charge in [0.05, 0.1) is 31.1 Å². The molecule has 3 heteroatoms.